The van der Waals surface area contributed by atoms with Gasteiger partial charge in [-0.05, 0) is 37.5 Å². The van der Waals surface area contributed by atoms with Crippen LogP contribution in [0.2, 0.25) is 0 Å². The number of nitrogens with one attached hydrogen (secondary N) is 1. The monoisotopic (exact) mass is 393 g/mol. The quantitative estimate of drug-likeness (QED) is 0.746. The number of esters is 1. The highest BCUT2D eigenvalue weighted by Crippen LogP contribution is 2.20. The third kappa shape index (κ3) is 5.16. The minimum absolute atomic E-state index is 0.00119. The average Bonchev–Trinajstić information content (AvgIpc) is 2.57. The molecule has 0 fully saturated rings. The van der Waals surface area contributed by atoms with Gasteiger partial charge < -0.3 is 10.1 Å². The Morgan fingerprint density at radius 1 is 1.30 bits per heavy atom. The maximum Gasteiger partial charge on any atom is 0.344 e. The van der Waals surface area contributed by atoms with Crippen molar-refractivity contribution in [2.24, 2.45) is 4.40 Å². The molecular formula is C18H23N3O5S. The second-order valence-electron chi connectivity index (χ2n) is 6.29. The number of hydrogen-bond acceptors (Lipinski definition) is 5. The predicted octanol–water partition coefficient (Wildman–Crippen LogP) is 2.22. The minimum Gasteiger partial charge on any atom is -0.462 e. The van der Waals surface area contributed by atoms with Gasteiger partial charge in [-0.3, -0.25) is 4.79 Å². The van der Waals surface area contributed by atoms with Crippen LogP contribution in [0, 0.1) is 0 Å². The van der Waals surface area contributed by atoms with Crippen LogP contribution in [0.1, 0.15) is 39.2 Å². The van der Waals surface area contributed by atoms with Crippen molar-refractivity contribution in [1.29, 1.82) is 0 Å². The molecular weight excluding hydrogens is 370 g/mol. The zero-order chi connectivity index (χ0) is 20.2. The maximum atomic E-state index is 12.3. The maximum absolute atomic E-state index is 12.3. The Morgan fingerprint density at radius 3 is 2.63 bits per heavy atom. The molecule has 0 saturated heterocycles. The van der Waals surface area contributed by atoms with Crippen LogP contribution in [0.3, 0.4) is 0 Å². The van der Waals surface area contributed by atoms with Crippen LogP contribution in [-0.4, -0.2) is 43.5 Å². The first-order chi connectivity index (χ1) is 12.6. The van der Waals surface area contributed by atoms with Gasteiger partial charge in [0.05, 0.1) is 17.9 Å². The van der Waals surface area contributed by atoms with Gasteiger partial charge in [0.25, 0.3) is 0 Å². The van der Waals surface area contributed by atoms with Crippen molar-refractivity contribution < 1.29 is 22.7 Å². The SMILES string of the molecule is CCOC(=O)C1=CN(CC(=O)Nc2cccc(C(C)C)c2)S(=O)(=O)N=C1C. The summed E-state index contributed by atoms with van der Waals surface area (Å²) in [6.45, 7) is 6.74. The van der Waals surface area contributed by atoms with E-state index < -0.39 is 28.6 Å². The summed E-state index contributed by atoms with van der Waals surface area (Å²) in [6, 6.07) is 7.31. The van der Waals surface area contributed by atoms with Gasteiger partial charge in [0.2, 0.25) is 5.91 Å². The fourth-order valence-electron chi connectivity index (χ4n) is 2.43. The summed E-state index contributed by atoms with van der Waals surface area (Å²) < 4.78 is 33.6. The molecule has 0 aliphatic carbocycles. The van der Waals surface area contributed by atoms with Crippen molar-refractivity contribution in [2.45, 2.75) is 33.6 Å². The molecule has 0 aromatic heterocycles. The minimum atomic E-state index is -4.09. The van der Waals surface area contributed by atoms with E-state index in [2.05, 4.69) is 9.71 Å². The predicted molar refractivity (Wildman–Crippen MR) is 103 cm³/mol. The second-order valence-corrected chi connectivity index (χ2v) is 7.84. The van der Waals surface area contributed by atoms with E-state index in [4.69, 9.17) is 4.74 Å². The number of anilines is 1. The molecule has 0 atom stereocenters. The Hall–Kier alpha value is -2.68. The van der Waals surface area contributed by atoms with Crippen LogP contribution in [0.5, 0.6) is 0 Å². The lowest BCUT2D eigenvalue weighted by atomic mass is 10.0. The summed E-state index contributed by atoms with van der Waals surface area (Å²) in [4.78, 5) is 24.3. The molecule has 0 spiro atoms. The molecule has 0 radical (unpaired) electrons. The fourth-order valence-corrected chi connectivity index (χ4v) is 3.50. The van der Waals surface area contributed by atoms with E-state index in [-0.39, 0.29) is 23.8 Å². The van der Waals surface area contributed by atoms with Crippen molar-refractivity contribution in [3.63, 3.8) is 0 Å². The van der Waals surface area contributed by atoms with E-state index in [0.717, 1.165) is 16.1 Å². The van der Waals surface area contributed by atoms with Crippen LogP contribution >= 0.6 is 0 Å². The highest BCUT2D eigenvalue weighted by atomic mass is 32.2. The van der Waals surface area contributed by atoms with Crippen molar-refractivity contribution in [1.82, 2.24) is 4.31 Å². The zero-order valence-corrected chi connectivity index (χ0v) is 16.5. The van der Waals surface area contributed by atoms with Gasteiger partial charge in [-0.2, -0.15) is 8.42 Å². The first-order valence-electron chi connectivity index (χ1n) is 8.51. The Bertz CT molecular complexity index is 903. The number of carbonyl (C=O) groups excluding carboxylic acids is 2. The molecule has 27 heavy (non-hydrogen) atoms. The Kier molecular flexibility index (Phi) is 6.37. The molecule has 146 valence electrons. The Balaban J connectivity index is 2.17. The lowest BCUT2D eigenvalue weighted by Gasteiger charge is -2.22. The number of amides is 1. The van der Waals surface area contributed by atoms with Crippen molar-refractivity contribution in [3.8, 4) is 0 Å². The number of hydrogen-bond donors (Lipinski definition) is 1. The standard InChI is InChI=1S/C18H23N3O5S/c1-5-26-18(23)16-10-21(27(24,25)20-13(16)4)11-17(22)19-15-8-6-7-14(9-15)12(2)3/h6-10,12H,5,11H2,1-4H3,(H,19,22). The van der Waals surface area contributed by atoms with E-state index in [1.807, 2.05) is 32.0 Å². The van der Waals surface area contributed by atoms with Crippen LogP contribution in [0.4, 0.5) is 5.69 Å². The van der Waals surface area contributed by atoms with Crippen LogP contribution in [-0.2, 0) is 24.5 Å². The zero-order valence-electron chi connectivity index (χ0n) is 15.7. The third-order valence-electron chi connectivity index (χ3n) is 3.84. The summed E-state index contributed by atoms with van der Waals surface area (Å²) in [7, 11) is -4.09. The van der Waals surface area contributed by atoms with Crippen LogP contribution < -0.4 is 5.32 Å². The molecule has 9 heteroatoms. The van der Waals surface area contributed by atoms with E-state index in [9.17, 15) is 18.0 Å². The topological polar surface area (TPSA) is 105 Å². The van der Waals surface area contributed by atoms with Gasteiger partial charge >= 0.3 is 16.2 Å². The summed E-state index contributed by atoms with van der Waals surface area (Å²) >= 11 is 0. The number of benzene rings is 1. The molecule has 1 amide bonds. The van der Waals surface area contributed by atoms with E-state index >= 15 is 0 Å². The highest BCUT2D eigenvalue weighted by molar-refractivity contribution is 7.88. The van der Waals surface area contributed by atoms with Crippen LogP contribution in [0.15, 0.2) is 40.4 Å². The van der Waals surface area contributed by atoms with Gasteiger partial charge in [0, 0.05) is 11.9 Å². The van der Waals surface area contributed by atoms with E-state index in [0.29, 0.717) is 5.69 Å². The smallest absolute Gasteiger partial charge is 0.344 e. The van der Waals surface area contributed by atoms with Crippen molar-refractivity contribution in [2.75, 3.05) is 18.5 Å². The largest absolute Gasteiger partial charge is 0.462 e. The van der Waals surface area contributed by atoms with Gasteiger partial charge in [0.1, 0.15) is 6.54 Å². The summed E-state index contributed by atoms with van der Waals surface area (Å²) in [5.41, 5.74) is 1.63. The molecule has 1 aliphatic rings. The second kappa shape index (κ2) is 8.34. The summed E-state index contributed by atoms with van der Waals surface area (Å²) in [5, 5.41) is 2.66. The van der Waals surface area contributed by atoms with Gasteiger partial charge in [-0.15, -0.1) is 4.40 Å². The molecule has 0 saturated carbocycles. The van der Waals surface area contributed by atoms with Gasteiger partial charge in [-0.1, -0.05) is 26.0 Å². The summed E-state index contributed by atoms with van der Waals surface area (Å²) in [6.07, 6.45) is 1.08. The normalized spacial score (nSPS) is 15.8. The molecule has 1 aromatic carbocycles. The number of nitrogens with zero attached hydrogens (tertiary/aromatic N) is 2. The summed E-state index contributed by atoms with van der Waals surface area (Å²) in [5.74, 6) is -0.950. The third-order valence-corrected chi connectivity index (χ3v) is 5.18. The van der Waals surface area contributed by atoms with Crippen molar-refractivity contribution in [3.05, 3.63) is 41.6 Å². The molecule has 1 aromatic rings. The first kappa shape index (κ1) is 20.6. The van der Waals surface area contributed by atoms with E-state index in [1.165, 1.54) is 6.92 Å². The van der Waals surface area contributed by atoms with Gasteiger partial charge in [-0.25, -0.2) is 9.10 Å². The van der Waals surface area contributed by atoms with Crippen LogP contribution in [0.25, 0.3) is 0 Å². The molecule has 8 nitrogen and oxygen atoms in total. The number of rotatable bonds is 6. The molecule has 0 unspecified atom stereocenters. The number of carbonyl (C=O) groups is 2. The molecule has 2 rings (SSSR count). The highest BCUT2D eigenvalue weighted by Gasteiger charge is 2.30. The van der Waals surface area contributed by atoms with E-state index in [1.54, 1.807) is 13.0 Å². The Labute approximate surface area is 159 Å². The van der Waals surface area contributed by atoms with Crippen molar-refractivity contribution >= 4 is 33.5 Å². The Morgan fingerprint density at radius 2 is 2.00 bits per heavy atom. The lowest BCUT2D eigenvalue weighted by Crippen LogP contribution is -2.37. The first-order valence-corrected chi connectivity index (χ1v) is 9.91. The molecule has 0 bridgehead atoms. The molecule has 1 heterocycles. The fraction of sp³-hybridized carbons (Fsp3) is 0.389. The molecule has 1 aliphatic heterocycles. The molecule has 1 N–H and O–H groups in total. The lowest BCUT2D eigenvalue weighted by molar-refractivity contribution is -0.138. The van der Waals surface area contributed by atoms with Gasteiger partial charge in [0.15, 0.2) is 0 Å². The average molecular weight is 393 g/mol. The number of ether oxygens (including phenoxy) is 1.